The number of aromatic nitrogens is 2. The number of amides is 1. The lowest BCUT2D eigenvalue weighted by atomic mass is 10.2. The summed E-state index contributed by atoms with van der Waals surface area (Å²) < 4.78 is 1.76. The molecule has 2 unspecified atom stereocenters. The van der Waals surface area contributed by atoms with Gasteiger partial charge in [-0.15, -0.1) is 11.8 Å². The maximum Gasteiger partial charge on any atom is 0.237 e. The fourth-order valence-corrected chi connectivity index (χ4v) is 2.55. The molecule has 0 radical (unpaired) electrons. The van der Waals surface area contributed by atoms with Crippen molar-refractivity contribution in [1.29, 1.82) is 0 Å². The summed E-state index contributed by atoms with van der Waals surface area (Å²) in [6.07, 6.45) is 0. The molecule has 1 aromatic heterocycles. The van der Waals surface area contributed by atoms with E-state index in [-0.39, 0.29) is 23.7 Å². The molecule has 19 heavy (non-hydrogen) atoms. The summed E-state index contributed by atoms with van der Waals surface area (Å²) in [6, 6.07) is 0. The number of aliphatic hydroxyl groups excluding tert-OH is 1. The Hall–Kier alpha value is -1.01. The minimum Gasteiger partial charge on any atom is -0.396 e. The van der Waals surface area contributed by atoms with Crippen LogP contribution < -0.4 is 5.32 Å². The van der Waals surface area contributed by atoms with Crippen LogP contribution in [0.1, 0.15) is 25.2 Å². The summed E-state index contributed by atoms with van der Waals surface area (Å²) in [5, 5.41) is 16.0. The summed E-state index contributed by atoms with van der Waals surface area (Å²) in [7, 11) is 1.86. The zero-order chi connectivity index (χ0) is 14.6. The van der Waals surface area contributed by atoms with Gasteiger partial charge in [-0.1, -0.05) is 6.92 Å². The summed E-state index contributed by atoms with van der Waals surface area (Å²) in [5.41, 5.74) is 2.58. The van der Waals surface area contributed by atoms with E-state index in [9.17, 15) is 4.79 Å². The van der Waals surface area contributed by atoms with Crippen molar-refractivity contribution >= 4 is 23.4 Å². The van der Waals surface area contributed by atoms with Crippen molar-refractivity contribution in [2.75, 3.05) is 17.7 Å². The van der Waals surface area contributed by atoms with Crippen molar-refractivity contribution in [3.05, 3.63) is 11.4 Å². The van der Waals surface area contributed by atoms with Gasteiger partial charge in [0.15, 0.2) is 0 Å². The molecule has 2 atom stereocenters. The normalized spacial score (nSPS) is 14.2. The van der Waals surface area contributed by atoms with Crippen molar-refractivity contribution in [1.82, 2.24) is 9.78 Å². The van der Waals surface area contributed by atoms with Gasteiger partial charge in [0.1, 0.15) is 0 Å². The van der Waals surface area contributed by atoms with Crippen LogP contribution in [0.5, 0.6) is 0 Å². The molecule has 6 heteroatoms. The van der Waals surface area contributed by atoms with Crippen molar-refractivity contribution < 1.29 is 9.90 Å². The first-order valence-corrected chi connectivity index (χ1v) is 7.45. The smallest absolute Gasteiger partial charge is 0.237 e. The number of anilines is 1. The molecular weight excluding hydrogens is 262 g/mol. The van der Waals surface area contributed by atoms with Crippen LogP contribution in [-0.2, 0) is 11.8 Å². The van der Waals surface area contributed by atoms with Gasteiger partial charge in [-0.2, -0.15) is 5.10 Å². The van der Waals surface area contributed by atoms with E-state index in [1.54, 1.807) is 16.4 Å². The molecule has 0 fully saturated rings. The van der Waals surface area contributed by atoms with Crippen molar-refractivity contribution in [2.45, 2.75) is 32.9 Å². The summed E-state index contributed by atoms with van der Waals surface area (Å²) in [5.74, 6) is 0.965. The summed E-state index contributed by atoms with van der Waals surface area (Å²) in [4.78, 5) is 12.1. The molecule has 1 heterocycles. The van der Waals surface area contributed by atoms with Gasteiger partial charge in [0.2, 0.25) is 5.91 Å². The Bertz CT molecular complexity index is 445. The van der Waals surface area contributed by atoms with Gasteiger partial charge in [-0.05, 0) is 32.4 Å². The highest BCUT2D eigenvalue weighted by molar-refractivity contribution is 8.00. The molecule has 1 rings (SSSR count). The maximum absolute atomic E-state index is 12.1. The minimum atomic E-state index is -0.145. The molecule has 5 nitrogen and oxygen atoms in total. The number of aliphatic hydroxyl groups is 1. The predicted octanol–water partition coefficient (Wildman–Crippen LogP) is 1.73. The first-order chi connectivity index (χ1) is 8.86. The molecule has 2 N–H and O–H groups in total. The molecule has 0 aliphatic carbocycles. The number of carbonyl (C=O) groups is 1. The molecule has 0 spiro atoms. The van der Waals surface area contributed by atoms with E-state index >= 15 is 0 Å². The Morgan fingerprint density at radius 1 is 1.47 bits per heavy atom. The first-order valence-electron chi connectivity index (χ1n) is 6.40. The monoisotopic (exact) mass is 285 g/mol. The minimum absolute atomic E-state index is 0.0191. The lowest BCUT2D eigenvalue weighted by molar-refractivity contribution is -0.115. The third kappa shape index (κ3) is 4.24. The second-order valence-corrected chi connectivity index (χ2v) is 6.30. The maximum atomic E-state index is 12.1. The molecule has 1 amide bonds. The van der Waals surface area contributed by atoms with Crippen LogP contribution in [0.2, 0.25) is 0 Å². The van der Waals surface area contributed by atoms with Crippen LogP contribution in [0.15, 0.2) is 0 Å². The van der Waals surface area contributed by atoms with Crippen molar-refractivity contribution in [3.63, 3.8) is 0 Å². The molecule has 0 saturated carbocycles. The van der Waals surface area contributed by atoms with Crippen LogP contribution in [0, 0.1) is 19.8 Å². The number of carbonyl (C=O) groups excluding carboxylic acids is 1. The van der Waals surface area contributed by atoms with E-state index in [1.807, 2.05) is 34.7 Å². The highest BCUT2D eigenvalue weighted by Crippen LogP contribution is 2.21. The first kappa shape index (κ1) is 16.0. The Balaban J connectivity index is 2.59. The van der Waals surface area contributed by atoms with Crippen molar-refractivity contribution in [3.8, 4) is 0 Å². The van der Waals surface area contributed by atoms with E-state index in [1.165, 1.54) is 0 Å². The second-order valence-electron chi connectivity index (χ2n) is 4.92. The fourth-order valence-electron chi connectivity index (χ4n) is 1.62. The SMILES string of the molecule is Cc1nn(C)c(C)c1NC(=O)C(C)SCC(C)CO. The van der Waals surface area contributed by atoms with Crippen LogP contribution in [0.4, 0.5) is 5.69 Å². The molecule has 108 valence electrons. The largest absolute Gasteiger partial charge is 0.396 e. The average molecular weight is 285 g/mol. The van der Waals surface area contributed by atoms with Gasteiger partial charge in [0.25, 0.3) is 0 Å². The topological polar surface area (TPSA) is 67.2 Å². The Morgan fingerprint density at radius 2 is 2.11 bits per heavy atom. The third-order valence-corrected chi connectivity index (χ3v) is 4.54. The zero-order valence-corrected chi connectivity index (χ0v) is 13.0. The lowest BCUT2D eigenvalue weighted by Gasteiger charge is -2.14. The van der Waals surface area contributed by atoms with Gasteiger partial charge < -0.3 is 10.4 Å². The Morgan fingerprint density at radius 3 is 2.58 bits per heavy atom. The van der Waals surface area contributed by atoms with E-state index in [4.69, 9.17) is 5.11 Å². The molecule has 0 aliphatic rings. The van der Waals surface area contributed by atoms with Crippen LogP contribution >= 0.6 is 11.8 Å². The van der Waals surface area contributed by atoms with Crippen LogP contribution in [-0.4, -0.2) is 38.4 Å². The van der Waals surface area contributed by atoms with Gasteiger partial charge in [-0.3, -0.25) is 9.48 Å². The second kappa shape index (κ2) is 6.96. The van der Waals surface area contributed by atoms with Gasteiger partial charge in [-0.25, -0.2) is 0 Å². The molecule has 0 aliphatic heterocycles. The number of nitrogens with zero attached hydrogens (tertiary/aromatic N) is 2. The van der Waals surface area contributed by atoms with E-state index < -0.39 is 0 Å². The number of thioether (sulfide) groups is 1. The number of hydrogen-bond donors (Lipinski definition) is 2. The number of nitrogens with one attached hydrogen (secondary N) is 1. The Labute approximate surface area is 118 Å². The molecule has 1 aromatic rings. The predicted molar refractivity (Wildman–Crippen MR) is 79.5 cm³/mol. The number of hydrogen-bond acceptors (Lipinski definition) is 4. The number of aryl methyl sites for hydroxylation is 2. The average Bonchev–Trinajstić information content (AvgIpc) is 2.61. The zero-order valence-electron chi connectivity index (χ0n) is 12.2. The fraction of sp³-hybridized carbons (Fsp3) is 0.692. The summed E-state index contributed by atoms with van der Waals surface area (Å²) >= 11 is 1.56. The lowest BCUT2D eigenvalue weighted by Crippen LogP contribution is -2.24. The molecule has 0 aromatic carbocycles. The van der Waals surface area contributed by atoms with E-state index in [2.05, 4.69) is 10.4 Å². The quantitative estimate of drug-likeness (QED) is 0.835. The van der Waals surface area contributed by atoms with E-state index in [0.29, 0.717) is 0 Å². The summed E-state index contributed by atoms with van der Waals surface area (Å²) in [6.45, 7) is 7.82. The van der Waals surface area contributed by atoms with Gasteiger partial charge in [0, 0.05) is 13.7 Å². The molecular formula is C13H23N3O2S. The standard InChI is InChI=1S/C13H23N3O2S/c1-8(6-17)7-19-11(4)13(18)14-12-9(2)15-16(5)10(12)3/h8,11,17H,6-7H2,1-5H3,(H,14,18). The Kier molecular flexibility index (Phi) is 5.87. The molecule has 0 saturated heterocycles. The van der Waals surface area contributed by atoms with Gasteiger partial charge in [0.05, 0.1) is 22.3 Å². The van der Waals surface area contributed by atoms with Crippen LogP contribution in [0.25, 0.3) is 0 Å². The van der Waals surface area contributed by atoms with E-state index in [0.717, 1.165) is 22.8 Å². The third-order valence-electron chi connectivity index (χ3n) is 3.07. The van der Waals surface area contributed by atoms with Gasteiger partial charge >= 0.3 is 0 Å². The number of rotatable bonds is 6. The highest BCUT2D eigenvalue weighted by Gasteiger charge is 2.18. The van der Waals surface area contributed by atoms with Crippen molar-refractivity contribution in [2.24, 2.45) is 13.0 Å². The molecule has 0 bridgehead atoms. The van der Waals surface area contributed by atoms with Crippen LogP contribution in [0.3, 0.4) is 0 Å². The highest BCUT2D eigenvalue weighted by atomic mass is 32.2.